The van der Waals surface area contributed by atoms with Crippen LogP contribution in [0.2, 0.25) is 0 Å². The fraction of sp³-hybridized carbons (Fsp3) is 0.857. The third-order valence-corrected chi connectivity index (χ3v) is 5.99. The maximum Gasteiger partial charge on any atom is 0.324 e. The molecule has 0 aromatic rings. The number of sulfone groups is 1. The lowest BCUT2D eigenvalue weighted by Gasteiger charge is -2.42. The molecule has 0 saturated carbocycles. The van der Waals surface area contributed by atoms with Crippen molar-refractivity contribution in [1.82, 2.24) is 0 Å². The molecule has 0 radical (unpaired) electrons. The van der Waals surface area contributed by atoms with Crippen molar-refractivity contribution in [3.8, 4) is 0 Å². The van der Waals surface area contributed by atoms with Gasteiger partial charge in [-0.15, -0.1) is 0 Å². The molecule has 1 saturated heterocycles. The Kier molecular flexibility index (Phi) is 3.13. The summed E-state index contributed by atoms with van der Waals surface area (Å²) < 4.78 is 25.9. The first-order valence-electron chi connectivity index (χ1n) is 3.96. The van der Waals surface area contributed by atoms with E-state index in [1.165, 1.54) is 18.9 Å². The molecule has 0 bridgehead atoms. The Labute approximate surface area is 87.3 Å². The highest BCUT2D eigenvalue weighted by atomic mass is 32.2. The van der Waals surface area contributed by atoms with Gasteiger partial charge in [0.15, 0.2) is 9.84 Å². The van der Waals surface area contributed by atoms with E-state index in [2.05, 4.69) is 4.74 Å². The summed E-state index contributed by atoms with van der Waals surface area (Å²) >= 11 is 1.31. The molecule has 1 fully saturated rings. The lowest BCUT2D eigenvalue weighted by atomic mass is 10.0. The van der Waals surface area contributed by atoms with E-state index in [4.69, 9.17) is 5.73 Å². The Morgan fingerprint density at radius 3 is 2.36 bits per heavy atom. The number of carbonyl (C=O) groups is 1. The van der Waals surface area contributed by atoms with Crippen molar-refractivity contribution in [2.75, 3.05) is 24.9 Å². The van der Waals surface area contributed by atoms with Gasteiger partial charge in [-0.2, -0.15) is 11.8 Å². The highest BCUT2D eigenvalue weighted by molar-refractivity contribution is 8.04. The first kappa shape index (κ1) is 11.8. The molecule has 0 aromatic carbocycles. The van der Waals surface area contributed by atoms with Crippen molar-refractivity contribution in [3.05, 3.63) is 0 Å². The molecule has 82 valence electrons. The first-order valence-corrected chi connectivity index (χ1v) is 7.00. The summed E-state index contributed by atoms with van der Waals surface area (Å²) in [5.41, 5.74) is 5.64. The van der Waals surface area contributed by atoms with Gasteiger partial charge in [0.2, 0.25) is 0 Å². The number of thioether (sulfide) groups is 1. The summed E-state index contributed by atoms with van der Waals surface area (Å²) in [4.78, 5) is 11.2. The van der Waals surface area contributed by atoms with Crippen LogP contribution in [0.3, 0.4) is 0 Å². The van der Waals surface area contributed by atoms with Crippen LogP contribution in [0.5, 0.6) is 0 Å². The van der Waals surface area contributed by atoms with Crippen LogP contribution in [-0.2, 0) is 19.4 Å². The average Bonchev–Trinajstić information content (AvgIpc) is 2.10. The van der Waals surface area contributed by atoms with Gasteiger partial charge < -0.3 is 10.5 Å². The standard InChI is InChI=1S/C7H13NO4S2/c1-12-6(9)5(8)7(13-2)3-14(10,11)4-7/h5H,3-4,8H2,1-2H3. The summed E-state index contributed by atoms with van der Waals surface area (Å²) in [5.74, 6) is -0.649. The summed E-state index contributed by atoms with van der Waals surface area (Å²) in [5, 5.41) is 0. The molecule has 1 rings (SSSR count). The second-order valence-electron chi connectivity index (χ2n) is 3.30. The van der Waals surface area contributed by atoms with Gasteiger partial charge in [-0.1, -0.05) is 0 Å². The topological polar surface area (TPSA) is 86.5 Å². The second-order valence-corrected chi connectivity index (χ2v) is 6.59. The fourth-order valence-corrected chi connectivity index (χ4v) is 5.60. The van der Waals surface area contributed by atoms with Gasteiger partial charge in [-0.3, -0.25) is 4.79 Å². The third-order valence-electron chi connectivity index (χ3n) is 2.36. The zero-order valence-electron chi connectivity index (χ0n) is 8.02. The van der Waals surface area contributed by atoms with E-state index in [1.807, 2.05) is 0 Å². The largest absolute Gasteiger partial charge is 0.468 e. The molecule has 1 heterocycles. The fourth-order valence-electron chi connectivity index (χ4n) is 1.47. The molecule has 1 unspecified atom stereocenters. The van der Waals surface area contributed by atoms with Gasteiger partial charge >= 0.3 is 5.97 Å². The maximum atomic E-state index is 11.2. The Morgan fingerprint density at radius 1 is 1.57 bits per heavy atom. The van der Waals surface area contributed by atoms with Crippen LogP contribution in [0, 0.1) is 0 Å². The van der Waals surface area contributed by atoms with Crippen molar-refractivity contribution >= 4 is 27.6 Å². The molecule has 0 aliphatic carbocycles. The minimum absolute atomic E-state index is 0.0442. The van der Waals surface area contributed by atoms with E-state index in [9.17, 15) is 13.2 Å². The van der Waals surface area contributed by atoms with Crippen molar-refractivity contribution < 1.29 is 17.9 Å². The van der Waals surface area contributed by atoms with Crippen LogP contribution in [0.1, 0.15) is 0 Å². The van der Waals surface area contributed by atoms with E-state index >= 15 is 0 Å². The van der Waals surface area contributed by atoms with E-state index in [1.54, 1.807) is 6.26 Å². The van der Waals surface area contributed by atoms with Gasteiger partial charge in [0, 0.05) is 0 Å². The molecule has 0 aromatic heterocycles. The zero-order valence-corrected chi connectivity index (χ0v) is 9.65. The summed E-state index contributed by atoms with van der Waals surface area (Å²) in [7, 11) is -1.76. The summed E-state index contributed by atoms with van der Waals surface area (Å²) in [6, 6.07) is -0.869. The van der Waals surface area contributed by atoms with E-state index < -0.39 is 26.6 Å². The third kappa shape index (κ3) is 1.89. The number of carbonyl (C=O) groups excluding carboxylic acids is 1. The molecule has 0 amide bonds. The molecule has 7 heteroatoms. The molecule has 0 spiro atoms. The lowest BCUT2D eigenvalue weighted by Crippen LogP contribution is -2.65. The van der Waals surface area contributed by atoms with Crippen molar-refractivity contribution in [3.63, 3.8) is 0 Å². The maximum absolute atomic E-state index is 11.2. The Balaban J connectivity index is 2.79. The van der Waals surface area contributed by atoms with Crippen LogP contribution in [0.25, 0.3) is 0 Å². The minimum Gasteiger partial charge on any atom is -0.468 e. The Morgan fingerprint density at radius 2 is 2.07 bits per heavy atom. The number of rotatable bonds is 3. The van der Waals surface area contributed by atoms with Gasteiger partial charge in [0.25, 0.3) is 0 Å². The lowest BCUT2D eigenvalue weighted by molar-refractivity contribution is -0.142. The molecular weight excluding hydrogens is 226 g/mol. The van der Waals surface area contributed by atoms with E-state index in [-0.39, 0.29) is 11.5 Å². The number of hydrogen-bond acceptors (Lipinski definition) is 6. The molecule has 2 N–H and O–H groups in total. The van der Waals surface area contributed by atoms with Gasteiger partial charge in [-0.25, -0.2) is 8.42 Å². The Hall–Kier alpha value is -0.270. The number of nitrogens with two attached hydrogens (primary N) is 1. The van der Waals surface area contributed by atoms with E-state index in [0.29, 0.717) is 0 Å². The molecule has 1 atom stereocenters. The van der Waals surface area contributed by atoms with Crippen molar-refractivity contribution in [2.45, 2.75) is 10.8 Å². The van der Waals surface area contributed by atoms with Crippen molar-refractivity contribution in [1.29, 1.82) is 0 Å². The highest BCUT2D eigenvalue weighted by Gasteiger charge is 2.54. The molecular formula is C7H13NO4S2. The number of ether oxygens (including phenoxy) is 1. The minimum atomic E-state index is -3.00. The van der Waals surface area contributed by atoms with Crippen LogP contribution >= 0.6 is 11.8 Å². The molecule has 1 aliphatic heterocycles. The first-order chi connectivity index (χ1) is 6.37. The van der Waals surface area contributed by atoms with Gasteiger partial charge in [-0.05, 0) is 6.26 Å². The van der Waals surface area contributed by atoms with Crippen LogP contribution in [-0.4, -0.2) is 50.0 Å². The van der Waals surface area contributed by atoms with Gasteiger partial charge in [0.1, 0.15) is 6.04 Å². The predicted molar refractivity (Wildman–Crippen MR) is 54.9 cm³/mol. The quantitative estimate of drug-likeness (QED) is 0.637. The zero-order chi connectivity index (χ0) is 11.0. The smallest absolute Gasteiger partial charge is 0.324 e. The van der Waals surface area contributed by atoms with Gasteiger partial charge in [0.05, 0.1) is 23.4 Å². The van der Waals surface area contributed by atoms with Crippen LogP contribution in [0.4, 0.5) is 0 Å². The number of methoxy groups -OCH3 is 1. The average molecular weight is 239 g/mol. The van der Waals surface area contributed by atoms with E-state index in [0.717, 1.165) is 0 Å². The monoisotopic (exact) mass is 239 g/mol. The summed E-state index contributed by atoms with van der Waals surface area (Å²) in [6.45, 7) is 0. The molecule has 14 heavy (non-hydrogen) atoms. The Bertz CT molecular complexity index is 326. The number of esters is 1. The second kappa shape index (κ2) is 3.71. The number of hydrogen-bond donors (Lipinski definition) is 1. The predicted octanol–water partition coefficient (Wildman–Crippen LogP) is -0.983. The molecule has 5 nitrogen and oxygen atoms in total. The SMILES string of the molecule is COC(=O)C(N)C1(SC)CS(=O)(=O)C1. The normalized spacial score (nSPS) is 24.8. The van der Waals surface area contributed by atoms with Crippen LogP contribution in [0.15, 0.2) is 0 Å². The van der Waals surface area contributed by atoms with Crippen molar-refractivity contribution in [2.24, 2.45) is 5.73 Å². The molecule has 1 aliphatic rings. The highest BCUT2D eigenvalue weighted by Crippen LogP contribution is 2.38. The summed E-state index contributed by atoms with van der Waals surface area (Å²) in [6.07, 6.45) is 1.75. The van der Waals surface area contributed by atoms with Crippen LogP contribution < -0.4 is 5.73 Å².